The third-order valence-corrected chi connectivity index (χ3v) is 5.11. The van der Waals surface area contributed by atoms with Gasteiger partial charge in [-0.25, -0.2) is 14.4 Å². The average molecular weight is 383 g/mol. The molecule has 1 N–H and O–H groups in total. The Morgan fingerprint density at radius 1 is 1.29 bits per heavy atom. The summed E-state index contributed by atoms with van der Waals surface area (Å²) < 4.78 is 21.6. The first-order valence-corrected chi connectivity index (χ1v) is 9.26. The summed E-state index contributed by atoms with van der Waals surface area (Å²) in [7, 11) is 1.85. The third kappa shape index (κ3) is 3.60. The second-order valence-corrected chi connectivity index (χ2v) is 7.22. The number of rotatable bonds is 3. The summed E-state index contributed by atoms with van der Waals surface area (Å²) in [6.07, 6.45) is 4.89. The molecule has 28 heavy (non-hydrogen) atoms. The van der Waals surface area contributed by atoms with Crippen LogP contribution in [0.3, 0.4) is 0 Å². The van der Waals surface area contributed by atoms with Crippen LogP contribution >= 0.6 is 0 Å². The summed E-state index contributed by atoms with van der Waals surface area (Å²) in [6.45, 7) is 4.17. The number of aromatic nitrogens is 4. The number of benzene rings is 1. The van der Waals surface area contributed by atoms with E-state index in [0.29, 0.717) is 36.2 Å². The lowest BCUT2D eigenvalue weighted by Gasteiger charge is -2.29. The molecule has 8 heteroatoms. The van der Waals surface area contributed by atoms with Crippen molar-refractivity contribution in [2.24, 2.45) is 7.05 Å². The Balaban J connectivity index is 1.57. The smallest absolute Gasteiger partial charge is 0.253 e. The van der Waals surface area contributed by atoms with Gasteiger partial charge in [-0.05, 0) is 32.8 Å². The number of nitrogens with zero attached hydrogens (tertiary/aromatic N) is 4. The monoisotopic (exact) mass is 383 g/mol. The summed E-state index contributed by atoms with van der Waals surface area (Å²) in [4.78, 5) is 21.8. The first-order valence-electron chi connectivity index (χ1n) is 9.26. The molecular weight excluding hydrogens is 361 g/mol. The molecule has 0 spiro atoms. The first kappa shape index (κ1) is 18.5. The standard InChI is InChI=1S/C20H22FN5O2/c1-11-12(2)24-19-16(6-14(21)7-17(19)23-11)20(27)25-15-4-5-28-18(8-15)13-9-22-26(3)10-13/h6-7,9-10,15,18H,4-5,8H2,1-3H3,(H,25,27). The molecule has 1 aliphatic heterocycles. The molecule has 0 radical (unpaired) electrons. The summed E-state index contributed by atoms with van der Waals surface area (Å²) >= 11 is 0. The highest BCUT2D eigenvalue weighted by Crippen LogP contribution is 2.28. The number of hydrogen-bond donors (Lipinski definition) is 1. The van der Waals surface area contributed by atoms with Crippen molar-refractivity contribution in [2.75, 3.05) is 6.61 Å². The van der Waals surface area contributed by atoms with Gasteiger partial charge in [0.25, 0.3) is 5.91 Å². The molecule has 1 saturated heterocycles. The van der Waals surface area contributed by atoms with Crippen molar-refractivity contribution in [1.82, 2.24) is 25.1 Å². The Bertz CT molecular complexity index is 1050. The number of carbonyl (C=O) groups is 1. The molecule has 4 rings (SSSR count). The van der Waals surface area contributed by atoms with E-state index in [9.17, 15) is 9.18 Å². The predicted molar refractivity (Wildman–Crippen MR) is 101 cm³/mol. The van der Waals surface area contributed by atoms with Crippen LogP contribution < -0.4 is 5.32 Å². The van der Waals surface area contributed by atoms with E-state index in [1.54, 1.807) is 10.9 Å². The van der Waals surface area contributed by atoms with Crippen LogP contribution in [-0.2, 0) is 11.8 Å². The molecule has 0 aliphatic carbocycles. The molecule has 7 nitrogen and oxygen atoms in total. The predicted octanol–water partition coefficient (Wildman–Crippen LogP) is 2.77. The maximum absolute atomic E-state index is 14.1. The number of hydrogen-bond acceptors (Lipinski definition) is 5. The summed E-state index contributed by atoms with van der Waals surface area (Å²) in [5, 5.41) is 7.19. The van der Waals surface area contributed by atoms with E-state index < -0.39 is 5.82 Å². The number of ether oxygens (including phenoxy) is 1. The van der Waals surface area contributed by atoms with Gasteiger partial charge in [0, 0.05) is 37.5 Å². The molecule has 146 valence electrons. The van der Waals surface area contributed by atoms with E-state index in [-0.39, 0.29) is 23.6 Å². The fraction of sp³-hybridized carbons (Fsp3) is 0.400. The quantitative estimate of drug-likeness (QED) is 0.752. The topological polar surface area (TPSA) is 81.9 Å². The first-order chi connectivity index (χ1) is 13.4. The maximum Gasteiger partial charge on any atom is 0.253 e. The summed E-state index contributed by atoms with van der Waals surface area (Å²) in [5.74, 6) is -0.852. The zero-order chi connectivity index (χ0) is 19.8. The highest BCUT2D eigenvalue weighted by atomic mass is 19.1. The Morgan fingerprint density at radius 3 is 2.82 bits per heavy atom. The van der Waals surface area contributed by atoms with Crippen molar-refractivity contribution < 1.29 is 13.9 Å². The van der Waals surface area contributed by atoms with E-state index in [0.717, 1.165) is 11.3 Å². The zero-order valence-corrected chi connectivity index (χ0v) is 16.1. The van der Waals surface area contributed by atoms with E-state index in [1.807, 2.05) is 27.1 Å². The van der Waals surface area contributed by atoms with Crippen LogP contribution in [0.4, 0.5) is 4.39 Å². The summed E-state index contributed by atoms with van der Waals surface area (Å²) in [6, 6.07) is 2.45. The molecule has 1 aromatic carbocycles. The minimum Gasteiger partial charge on any atom is -0.373 e. The molecule has 0 bridgehead atoms. The SMILES string of the molecule is Cc1nc2cc(F)cc(C(=O)NC3CCOC(c4cnn(C)c4)C3)c2nc1C. The van der Waals surface area contributed by atoms with Gasteiger partial charge in [0.2, 0.25) is 0 Å². The number of amides is 1. The summed E-state index contributed by atoms with van der Waals surface area (Å²) in [5.41, 5.74) is 3.42. The maximum atomic E-state index is 14.1. The fourth-order valence-corrected chi connectivity index (χ4v) is 3.50. The number of fused-ring (bicyclic) bond motifs is 1. The van der Waals surface area contributed by atoms with Gasteiger partial charge < -0.3 is 10.1 Å². The van der Waals surface area contributed by atoms with E-state index in [1.165, 1.54) is 12.1 Å². The number of aryl methyl sites for hydroxylation is 3. The number of halogens is 1. The van der Waals surface area contributed by atoms with Gasteiger partial charge in [-0.15, -0.1) is 0 Å². The lowest BCUT2D eigenvalue weighted by atomic mass is 9.99. The highest BCUT2D eigenvalue weighted by molar-refractivity contribution is 6.04. The molecule has 0 saturated carbocycles. The van der Waals surface area contributed by atoms with Crippen LogP contribution in [0.5, 0.6) is 0 Å². The molecule has 1 aliphatic rings. The van der Waals surface area contributed by atoms with E-state index >= 15 is 0 Å². The molecular formula is C20H22FN5O2. The average Bonchev–Trinajstić information content (AvgIpc) is 3.09. The fourth-order valence-electron chi connectivity index (χ4n) is 3.50. The Morgan fingerprint density at radius 2 is 2.07 bits per heavy atom. The van der Waals surface area contributed by atoms with Crippen LogP contribution in [0.15, 0.2) is 24.5 Å². The second-order valence-electron chi connectivity index (χ2n) is 7.22. The van der Waals surface area contributed by atoms with Gasteiger partial charge in [0.15, 0.2) is 0 Å². The van der Waals surface area contributed by atoms with Gasteiger partial charge in [-0.2, -0.15) is 5.10 Å². The highest BCUT2D eigenvalue weighted by Gasteiger charge is 2.27. The van der Waals surface area contributed by atoms with Crippen molar-refractivity contribution in [3.8, 4) is 0 Å². The second kappa shape index (κ2) is 7.27. The lowest BCUT2D eigenvalue weighted by molar-refractivity contribution is 0.000875. The van der Waals surface area contributed by atoms with Crippen molar-refractivity contribution in [1.29, 1.82) is 0 Å². The van der Waals surface area contributed by atoms with Crippen molar-refractivity contribution >= 4 is 16.9 Å². The minimum absolute atomic E-state index is 0.0794. The Labute approximate surface area is 161 Å². The normalized spacial score (nSPS) is 19.7. The molecule has 2 atom stereocenters. The third-order valence-electron chi connectivity index (χ3n) is 5.11. The number of carbonyl (C=O) groups excluding carboxylic acids is 1. The Kier molecular flexibility index (Phi) is 4.80. The lowest BCUT2D eigenvalue weighted by Crippen LogP contribution is -2.40. The molecule has 1 amide bonds. The molecule has 2 unspecified atom stereocenters. The van der Waals surface area contributed by atoms with Crippen LogP contribution in [0, 0.1) is 19.7 Å². The van der Waals surface area contributed by atoms with Gasteiger partial charge >= 0.3 is 0 Å². The van der Waals surface area contributed by atoms with Crippen molar-refractivity contribution in [3.63, 3.8) is 0 Å². The Hall–Kier alpha value is -2.87. The molecule has 3 heterocycles. The molecule has 1 fully saturated rings. The van der Waals surface area contributed by atoms with Gasteiger partial charge in [-0.3, -0.25) is 9.48 Å². The van der Waals surface area contributed by atoms with Crippen LogP contribution in [0.1, 0.15) is 46.3 Å². The van der Waals surface area contributed by atoms with Crippen LogP contribution in [0.25, 0.3) is 11.0 Å². The van der Waals surface area contributed by atoms with Gasteiger partial charge in [-0.1, -0.05) is 0 Å². The zero-order valence-electron chi connectivity index (χ0n) is 16.1. The van der Waals surface area contributed by atoms with Crippen molar-refractivity contribution in [2.45, 2.75) is 38.8 Å². The molecule has 3 aromatic rings. The molecule has 2 aromatic heterocycles. The van der Waals surface area contributed by atoms with Crippen molar-refractivity contribution in [3.05, 3.63) is 52.9 Å². The largest absolute Gasteiger partial charge is 0.373 e. The van der Waals surface area contributed by atoms with Gasteiger partial charge in [0.05, 0.1) is 34.8 Å². The number of nitrogens with one attached hydrogen (secondary N) is 1. The minimum atomic E-state index is -0.504. The van der Waals surface area contributed by atoms with E-state index in [4.69, 9.17) is 4.74 Å². The van der Waals surface area contributed by atoms with E-state index in [2.05, 4.69) is 20.4 Å². The van der Waals surface area contributed by atoms with Gasteiger partial charge in [0.1, 0.15) is 11.3 Å². The van der Waals surface area contributed by atoms with Crippen LogP contribution in [-0.4, -0.2) is 38.3 Å². The van der Waals surface area contributed by atoms with Crippen LogP contribution in [0.2, 0.25) is 0 Å².